The van der Waals surface area contributed by atoms with E-state index in [1.54, 1.807) is 11.3 Å². The Labute approximate surface area is 110 Å². The van der Waals surface area contributed by atoms with Crippen molar-refractivity contribution in [1.82, 2.24) is 15.1 Å². The van der Waals surface area contributed by atoms with Crippen molar-refractivity contribution >= 4 is 22.9 Å². The van der Waals surface area contributed by atoms with Crippen molar-refractivity contribution in [2.45, 2.75) is 19.9 Å². The van der Waals surface area contributed by atoms with Gasteiger partial charge in [-0.05, 0) is 24.8 Å². The Morgan fingerprint density at radius 1 is 1.53 bits per heavy atom. The molecule has 2 aromatic rings. The number of nitrogens with one attached hydrogen (secondary N) is 1. The summed E-state index contributed by atoms with van der Waals surface area (Å²) in [7, 11) is 1.93. The second-order valence-electron chi connectivity index (χ2n) is 3.98. The van der Waals surface area contributed by atoms with E-state index in [-0.39, 0.29) is 0 Å². The molecular weight excluding hydrogens is 254 g/mol. The predicted octanol–water partition coefficient (Wildman–Crippen LogP) is 2.78. The van der Waals surface area contributed by atoms with E-state index in [1.165, 1.54) is 4.88 Å². The lowest BCUT2D eigenvalue weighted by Crippen LogP contribution is -2.18. The first-order valence-electron chi connectivity index (χ1n) is 5.59. The molecule has 2 rings (SSSR count). The van der Waals surface area contributed by atoms with Crippen LogP contribution in [0.15, 0.2) is 17.5 Å². The summed E-state index contributed by atoms with van der Waals surface area (Å²) in [6.45, 7) is 3.65. The fourth-order valence-electron chi connectivity index (χ4n) is 1.75. The van der Waals surface area contributed by atoms with Gasteiger partial charge >= 0.3 is 0 Å². The molecular formula is C12H16ClN3S. The monoisotopic (exact) mass is 269 g/mol. The molecule has 2 heterocycles. The Hall–Kier alpha value is -0.840. The van der Waals surface area contributed by atoms with Gasteiger partial charge in [-0.2, -0.15) is 5.10 Å². The zero-order valence-electron chi connectivity index (χ0n) is 10.0. The largest absolute Gasteiger partial charge is 0.311 e. The summed E-state index contributed by atoms with van der Waals surface area (Å²) in [5, 5.41) is 10.6. The molecule has 5 heteroatoms. The highest BCUT2D eigenvalue weighted by molar-refractivity contribution is 7.09. The average Bonchev–Trinajstić information content (AvgIpc) is 2.87. The molecule has 0 spiro atoms. The van der Waals surface area contributed by atoms with E-state index in [2.05, 4.69) is 27.9 Å². The molecule has 1 N–H and O–H groups in total. The van der Waals surface area contributed by atoms with Crippen molar-refractivity contribution in [3.8, 4) is 0 Å². The number of aromatic nitrogens is 2. The zero-order valence-corrected chi connectivity index (χ0v) is 11.6. The molecule has 0 unspecified atom stereocenters. The van der Waals surface area contributed by atoms with Crippen molar-refractivity contribution in [2.24, 2.45) is 7.05 Å². The van der Waals surface area contributed by atoms with Gasteiger partial charge in [0.25, 0.3) is 0 Å². The van der Waals surface area contributed by atoms with E-state index in [0.29, 0.717) is 0 Å². The third kappa shape index (κ3) is 3.09. The Morgan fingerprint density at radius 2 is 2.35 bits per heavy atom. The van der Waals surface area contributed by atoms with Crippen LogP contribution in [0.4, 0.5) is 0 Å². The highest BCUT2D eigenvalue weighted by Gasteiger charge is 2.09. The molecule has 0 aromatic carbocycles. The van der Waals surface area contributed by atoms with Gasteiger partial charge in [-0.1, -0.05) is 17.7 Å². The SMILES string of the molecule is Cc1nn(C)c(CNCCc2cccs2)c1Cl. The molecule has 0 amide bonds. The highest BCUT2D eigenvalue weighted by Crippen LogP contribution is 2.18. The minimum absolute atomic E-state index is 0.765. The summed E-state index contributed by atoms with van der Waals surface area (Å²) in [6, 6.07) is 4.24. The molecule has 0 saturated carbocycles. The van der Waals surface area contributed by atoms with Gasteiger partial charge in [0.05, 0.1) is 16.4 Å². The average molecular weight is 270 g/mol. The Bertz CT molecular complexity index is 476. The van der Waals surface area contributed by atoms with Crippen LogP contribution in [0.1, 0.15) is 16.3 Å². The predicted molar refractivity (Wildman–Crippen MR) is 72.7 cm³/mol. The Balaban J connectivity index is 1.82. The standard InChI is InChI=1S/C12H16ClN3S/c1-9-12(13)11(16(2)15-9)8-14-6-5-10-4-3-7-17-10/h3-4,7,14H,5-6,8H2,1-2H3. The molecule has 0 aliphatic rings. The summed E-state index contributed by atoms with van der Waals surface area (Å²) >= 11 is 7.97. The molecule has 0 saturated heterocycles. The fraction of sp³-hybridized carbons (Fsp3) is 0.417. The lowest BCUT2D eigenvalue weighted by molar-refractivity contribution is 0.626. The van der Waals surface area contributed by atoms with Crippen LogP contribution < -0.4 is 5.32 Å². The van der Waals surface area contributed by atoms with Gasteiger partial charge in [-0.3, -0.25) is 4.68 Å². The van der Waals surface area contributed by atoms with Gasteiger partial charge in [0, 0.05) is 25.0 Å². The quantitative estimate of drug-likeness (QED) is 0.846. The van der Waals surface area contributed by atoms with E-state index in [1.807, 2.05) is 18.7 Å². The van der Waals surface area contributed by atoms with Crippen LogP contribution in [-0.4, -0.2) is 16.3 Å². The molecule has 0 aliphatic heterocycles. The molecule has 92 valence electrons. The number of hydrogen-bond acceptors (Lipinski definition) is 3. The molecule has 0 atom stereocenters. The summed E-state index contributed by atoms with van der Waals surface area (Å²) in [5.74, 6) is 0. The van der Waals surface area contributed by atoms with Gasteiger partial charge in [0.1, 0.15) is 0 Å². The van der Waals surface area contributed by atoms with E-state index < -0.39 is 0 Å². The number of halogens is 1. The van der Waals surface area contributed by atoms with Crippen molar-refractivity contribution in [3.63, 3.8) is 0 Å². The van der Waals surface area contributed by atoms with Crippen LogP contribution in [0.3, 0.4) is 0 Å². The molecule has 0 aliphatic carbocycles. The number of hydrogen-bond donors (Lipinski definition) is 1. The zero-order chi connectivity index (χ0) is 12.3. The maximum absolute atomic E-state index is 6.17. The summed E-state index contributed by atoms with van der Waals surface area (Å²) in [6.07, 6.45) is 1.06. The molecule has 0 fully saturated rings. The van der Waals surface area contributed by atoms with E-state index in [9.17, 15) is 0 Å². The van der Waals surface area contributed by atoms with Crippen molar-refractivity contribution in [1.29, 1.82) is 0 Å². The van der Waals surface area contributed by atoms with Gasteiger partial charge in [0.2, 0.25) is 0 Å². The third-order valence-corrected chi connectivity index (χ3v) is 4.11. The van der Waals surface area contributed by atoms with Gasteiger partial charge in [-0.15, -0.1) is 11.3 Å². The normalized spacial score (nSPS) is 11.0. The molecule has 0 bridgehead atoms. The number of thiophene rings is 1. The van der Waals surface area contributed by atoms with Gasteiger partial charge in [0.15, 0.2) is 0 Å². The van der Waals surface area contributed by atoms with Crippen LogP contribution in [0.2, 0.25) is 5.02 Å². The Kier molecular flexibility index (Phi) is 4.20. The maximum Gasteiger partial charge on any atom is 0.0860 e. The first-order valence-corrected chi connectivity index (χ1v) is 6.85. The summed E-state index contributed by atoms with van der Waals surface area (Å²) in [4.78, 5) is 1.41. The third-order valence-electron chi connectivity index (χ3n) is 2.68. The Morgan fingerprint density at radius 3 is 2.94 bits per heavy atom. The fourth-order valence-corrected chi connectivity index (χ4v) is 2.68. The van der Waals surface area contributed by atoms with Crippen molar-refractivity contribution in [3.05, 3.63) is 38.8 Å². The summed E-state index contributed by atoms with van der Waals surface area (Å²) < 4.78 is 1.84. The molecule has 0 radical (unpaired) electrons. The minimum atomic E-state index is 0.765. The van der Waals surface area contributed by atoms with E-state index in [0.717, 1.165) is 35.9 Å². The molecule has 17 heavy (non-hydrogen) atoms. The van der Waals surface area contributed by atoms with E-state index in [4.69, 9.17) is 11.6 Å². The molecule has 3 nitrogen and oxygen atoms in total. The first kappa shape index (κ1) is 12.6. The van der Waals surface area contributed by atoms with Gasteiger partial charge < -0.3 is 5.32 Å². The first-order chi connectivity index (χ1) is 8.18. The number of nitrogens with zero attached hydrogens (tertiary/aromatic N) is 2. The van der Waals surface area contributed by atoms with Crippen molar-refractivity contribution < 1.29 is 0 Å². The summed E-state index contributed by atoms with van der Waals surface area (Å²) in [5.41, 5.74) is 1.94. The van der Waals surface area contributed by atoms with Crippen LogP contribution in [0.5, 0.6) is 0 Å². The maximum atomic E-state index is 6.17. The number of rotatable bonds is 5. The second-order valence-corrected chi connectivity index (χ2v) is 5.39. The number of aryl methyl sites for hydroxylation is 2. The van der Waals surface area contributed by atoms with Crippen LogP contribution >= 0.6 is 22.9 Å². The second kappa shape index (κ2) is 5.67. The van der Waals surface area contributed by atoms with Crippen LogP contribution in [0, 0.1) is 6.92 Å². The van der Waals surface area contributed by atoms with Crippen LogP contribution in [0.25, 0.3) is 0 Å². The highest BCUT2D eigenvalue weighted by atomic mass is 35.5. The smallest absolute Gasteiger partial charge is 0.0860 e. The minimum Gasteiger partial charge on any atom is -0.311 e. The lowest BCUT2D eigenvalue weighted by atomic mass is 10.3. The van der Waals surface area contributed by atoms with E-state index >= 15 is 0 Å². The lowest BCUT2D eigenvalue weighted by Gasteiger charge is -2.05. The van der Waals surface area contributed by atoms with Gasteiger partial charge in [-0.25, -0.2) is 0 Å². The van der Waals surface area contributed by atoms with Crippen LogP contribution in [-0.2, 0) is 20.0 Å². The topological polar surface area (TPSA) is 29.9 Å². The van der Waals surface area contributed by atoms with Crippen molar-refractivity contribution in [2.75, 3.05) is 6.54 Å². The molecule has 2 aromatic heterocycles.